The summed E-state index contributed by atoms with van der Waals surface area (Å²) in [6.45, 7) is 3.39. The van der Waals surface area contributed by atoms with Crippen molar-refractivity contribution in [2.75, 3.05) is 0 Å². The van der Waals surface area contributed by atoms with Crippen LogP contribution in [0.1, 0.15) is 21.8 Å². The maximum Gasteiger partial charge on any atom is 0.349 e. The third-order valence-corrected chi connectivity index (χ3v) is 3.80. The highest BCUT2D eigenvalue weighted by Gasteiger charge is 2.20. The van der Waals surface area contributed by atoms with E-state index >= 15 is 0 Å². The van der Waals surface area contributed by atoms with Crippen LogP contribution in [0.3, 0.4) is 0 Å². The van der Waals surface area contributed by atoms with E-state index < -0.39 is 5.97 Å². The molecule has 0 unspecified atom stereocenters. The highest BCUT2D eigenvalue weighted by atomic mass is 16.5. The number of fused-ring (bicyclic) bond motifs is 3. The Morgan fingerprint density at radius 3 is 2.61 bits per heavy atom. The van der Waals surface area contributed by atoms with Gasteiger partial charge in [-0.3, -0.25) is 0 Å². The molecule has 0 spiro atoms. The first kappa shape index (κ1) is 13.6. The third kappa shape index (κ3) is 2.17. The van der Waals surface area contributed by atoms with Gasteiger partial charge in [0.25, 0.3) is 0 Å². The number of carbonyl (C=O) groups is 1. The summed E-state index contributed by atoms with van der Waals surface area (Å²) in [5.74, 6) is 0.421. The highest BCUT2D eigenvalue weighted by molar-refractivity contribution is 6.05. The van der Waals surface area contributed by atoms with E-state index in [9.17, 15) is 4.79 Å². The van der Waals surface area contributed by atoms with Gasteiger partial charge in [-0.05, 0) is 38.1 Å². The zero-order chi connectivity index (χ0) is 16.0. The summed E-state index contributed by atoms with van der Waals surface area (Å²) < 4.78 is 16.2. The van der Waals surface area contributed by atoms with E-state index in [0.29, 0.717) is 22.8 Å². The van der Waals surface area contributed by atoms with Crippen LogP contribution in [0, 0.1) is 13.8 Å². The van der Waals surface area contributed by atoms with Gasteiger partial charge in [-0.25, -0.2) is 4.79 Å². The molecule has 0 saturated carbocycles. The average Bonchev–Trinajstić information content (AvgIpc) is 3.07. The zero-order valence-corrected chi connectivity index (χ0v) is 12.6. The summed E-state index contributed by atoms with van der Waals surface area (Å²) in [5.41, 5.74) is 2.43. The normalized spacial score (nSPS) is 11.2. The molecule has 0 aliphatic rings. The lowest BCUT2D eigenvalue weighted by Gasteiger charge is -2.03. The number of nitrogens with zero attached hydrogens (tertiary/aromatic N) is 1. The lowest BCUT2D eigenvalue weighted by molar-refractivity contribution is 0.0732. The van der Waals surface area contributed by atoms with Gasteiger partial charge in [0.05, 0.1) is 5.69 Å². The van der Waals surface area contributed by atoms with Crippen LogP contribution in [-0.2, 0) is 0 Å². The lowest BCUT2D eigenvalue weighted by atomic mass is 10.1. The van der Waals surface area contributed by atoms with Crippen molar-refractivity contribution in [3.8, 4) is 5.75 Å². The van der Waals surface area contributed by atoms with Crippen LogP contribution in [0.25, 0.3) is 21.9 Å². The highest BCUT2D eigenvalue weighted by Crippen LogP contribution is 2.31. The molecule has 0 N–H and O–H groups in total. The number of benzene rings is 2. The standard InChI is InChI=1S/C18H13NO4/c1-10-17(11(2)23-19-10)18(20)21-12-7-8-16-14(9-12)13-5-3-4-6-15(13)22-16/h3-9H,1-2H3. The summed E-state index contributed by atoms with van der Waals surface area (Å²) >= 11 is 0. The minimum Gasteiger partial charge on any atom is -0.456 e. The number of ether oxygens (including phenoxy) is 1. The van der Waals surface area contributed by atoms with Gasteiger partial charge in [0.2, 0.25) is 0 Å². The second-order valence-corrected chi connectivity index (χ2v) is 5.34. The van der Waals surface area contributed by atoms with Crippen LogP contribution >= 0.6 is 0 Å². The Hall–Kier alpha value is -3.08. The van der Waals surface area contributed by atoms with Gasteiger partial charge in [-0.2, -0.15) is 0 Å². The second kappa shape index (κ2) is 4.98. The Balaban J connectivity index is 1.75. The quantitative estimate of drug-likeness (QED) is 0.405. The van der Waals surface area contributed by atoms with E-state index in [-0.39, 0.29) is 0 Å². The molecule has 0 saturated heterocycles. The molecule has 0 radical (unpaired) electrons. The van der Waals surface area contributed by atoms with Crippen molar-refractivity contribution >= 4 is 27.9 Å². The molecule has 2 aromatic heterocycles. The molecule has 5 nitrogen and oxygen atoms in total. The number of carbonyl (C=O) groups excluding carboxylic acids is 1. The van der Waals surface area contributed by atoms with Crippen LogP contribution in [0.5, 0.6) is 5.75 Å². The number of furan rings is 1. The summed E-state index contributed by atoms with van der Waals surface area (Å²) in [4.78, 5) is 12.3. The first-order valence-corrected chi connectivity index (χ1v) is 7.20. The molecule has 114 valence electrons. The summed E-state index contributed by atoms with van der Waals surface area (Å²) in [5, 5.41) is 5.66. The maximum atomic E-state index is 12.3. The molecule has 2 aromatic carbocycles. The number of aryl methyl sites for hydroxylation is 2. The number of esters is 1. The van der Waals surface area contributed by atoms with Crippen molar-refractivity contribution in [2.45, 2.75) is 13.8 Å². The molecule has 0 atom stereocenters. The smallest absolute Gasteiger partial charge is 0.349 e. The molecule has 2 heterocycles. The second-order valence-electron chi connectivity index (χ2n) is 5.34. The fourth-order valence-corrected chi connectivity index (χ4v) is 2.70. The third-order valence-electron chi connectivity index (χ3n) is 3.80. The minimum absolute atomic E-state index is 0.363. The monoisotopic (exact) mass is 307 g/mol. The molecule has 23 heavy (non-hydrogen) atoms. The SMILES string of the molecule is Cc1noc(C)c1C(=O)Oc1ccc2oc3ccccc3c2c1. The number of aromatic nitrogens is 1. The largest absolute Gasteiger partial charge is 0.456 e. The van der Waals surface area contributed by atoms with Crippen molar-refractivity contribution in [3.63, 3.8) is 0 Å². The lowest BCUT2D eigenvalue weighted by Crippen LogP contribution is -2.10. The van der Waals surface area contributed by atoms with Gasteiger partial charge in [0.15, 0.2) is 0 Å². The molecule has 5 heteroatoms. The summed E-state index contributed by atoms with van der Waals surface area (Å²) in [7, 11) is 0. The summed E-state index contributed by atoms with van der Waals surface area (Å²) in [6, 6.07) is 13.1. The van der Waals surface area contributed by atoms with E-state index in [1.54, 1.807) is 32.0 Å². The molecule has 0 aliphatic heterocycles. The molecule has 4 aromatic rings. The zero-order valence-electron chi connectivity index (χ0n) is 12.6. The summed E-state index contributed by atoms with van der Waals surface area (Å²) in [6.07, 6.45) is 0. The van der Waals surface area contributed by atoms with Crippen LogP contribution in [0.4, 0.5) is 0 Å². The Morgan fingerprint density at radius 2 is 1.83 bits per heavy atom. The molecule has 0 amide bonds. The van der Waals surface area contributed by atoms with Crippen molar-refractivity contribution < 1.29 is 18.5 Å². The Labute approximate surface area is 131 Å². The van der Waals surface area contributed by atoms with Gasteiger partial charge < -0.3 is 13.7 Å². The van der Waals surface area contributed by atoms with Crippen LogP contribution < -0.4 is 4.74 Å². The minimum atomic E-state index is -0.478. The predicted molar refractivity (Wildman–Crippen MR) is 84.7 cm³/mol. The van der Waals surface area contributed by atoms with Gasteiger partial charge in [0, 0.05) is 10.8 Å². The van der Waals surface area contributed by atoms with Gasteiger partial charge in [-0.1, -0.05) is 23.4 Å². The topological polar surface area (TPSA) is 65.5 Å². The average molecular weight is 307 g/mol. The maximum absolute atomic E-state index is 12.3. The van der Waals surface area contributed by atoms with Crippen molar-refractivity contribution in [1.82, 2.24) is 5.16 Å². The molecule has 4 rings (SSSR count). The first-order valence-electron chi connectivity index (χ1n) is 7.20. The van der Waals surface area contributed by atoms with Gasteiger partial charge in [0.1, 0.15) is 28.2 Å². The van der Waals surface area contributed by atoms with Crippen molar-refractivity contribution in [3.05, 3.63) is 59.5 Å². The van der Waals surface area contributed by atoms with E-state index in [2.05, 4.69) is 5.16 Å². The van der Waals surface area contributed by atoms with Gasteiger partial charge in [-0.15, -0.1) is 0 Å². The molecule has 0 bridgehead atoms. The molecular formula is C18H13NO4. The molecular weight excluding hydrogens is 294 g/mol. The molecule has 0 aliphatic carbocycles. The van der Waals surface area contributed by atoms with Crippen LogP contribution in [0.2, 0.25) is 0 Å². The van der Waals surface area contributed by atoms with Crippen molar-refractivity contribution in [2.24, 2.45) is 0 Å². The fourth-order valence-electron chi connectivity index (χ4n) is 2.70. The number of rotatable bonds is 2. The number of hydrogen-bond donors (Lipinski definition) is 0. The van der Waals surface area contributed by atoms with E-state index in [0.717, 1.165) is 21.9 Å². The molecule has 0 fully saturated rings. The van der Waals surface area contributed by atoms with Gasteiger partial charge >= 0.3 is 5.97 Å². The Morgan fingerprint density at radius 1 is 1.04 bits per heavy atom. The van der Waals surface area contributed by atoms with E-state index in [1.807, 2.05) is 24.3 Å². The Kier molecular flexibility index (Phi) is 2.94. The van der Waals surface area contributed by atoms with Crippen LogP contribution in [0.15, 0.2) is 51.4 Å². The van der Waals surface area contributed by atoms with Crippen molar-refractivity contribution in [1.29, 1.82) is 0 Å². The fraction of sp³-hybridized carbons (Fsp3) is 0.111. The first-order chi connectivity index (χ1) is 11.1. The number of para-hydroxylation sites is 1. The van der Waals surface area contributed by atoms with Crippen LogP contribution in [-0.4, -0.2) is 11.1 Å². The van der Waals surface area contributed by atoms with E-state index in [4.69, 9.17) is 13.7 Å². The van der Waals surface area contributed by atoms with E-state index in [1.165, 1.54) is 0 Å². The predicted octanol–water partition coefficient (Wildman–Crippen LogP) is 4.41. The Bertz CT molecular complexity index is 1020. The number of hydrogen-bond acceptors (Lipinski definition) is 5.